The van der Waals surface area contributed by atoms with Crippen LogP contribution in [0.3, 0.4) is 0 Å². The summed E-state index contributed by atoms with van der Waals surface area (Å²) < 4.78 is 32.4. The first-order valence-electron chi connectivity index (χ1n) is 3.85. The fraction of sp³-hybridized carbons (Fsp3) is 0.667. The highest BCUT2D eigenvalue weighted by Crippen LogP contribution is 2.08. The number of nitrogens with two attached hydrogens (primary N) is 1. The molecule has 0 aliphatic heterocycles. The van der Waals surface area contributed by atoms with E-state index >= 15 is 0 Å². The van der Waals surface area contributed by atoms with Gasteiger partial charge in [0.1, 0.15) is 0 Å². The number of hydrogen-bond acceptors (Lipinski definition) is 5. The number of aliphatic carboxylic acids is 1. The Kier molecular flexibility index (Phi) is 5.19. The standard InChI is InChI=1S/C6H11NO7S/c7-5(8)2-1-4(6(9)10)3-14-15(11,12)13/h4H,1-3H2,(H2,7,8)(H,9,10)(H,11,12,13)/t4-/m0/s1. The number of carbonyl (C=O) groups excluding carboxylic acids is 1. The van der Waals surface area contributed by atoms with Crippen molar-refractivity contribution in [3.8, 4) is 0 Å². The predicted octanol–water partition coefficient (Wildman–Crippen LogP) is -1.23. The van der Waals surface area contributed by atoms with E-state index in [0.29, 0.717) is 0 Å². The molecule has 0 radical (unpaired) electrons. The highest BCUT2D eigenvalue weighted by Gasteiger charge is 2.21. The van der Waals surface area contributed by atoms with Gasteiger partial charge < -0.3 is 10.8 Å². The average Bonchev–Trinajstić information content (AvgIpc) is 2.00. The van der Waals surface area contributed by atoms with E-state index in [0.717, 1.165) is 0 Å². The zero-order valence-electron chi connectivity index (χ0n) is 7.62. The van der Waals surface area contributed by atoms with E-state index in [4.69, 9.17) is 15.4 Å². The fourth-order valence-electron chi connectivity index (χ4n) is 0.763. The molecule has 0 aliphatic carbocycles. The SMILES string of the molecule is NC(=O)CC[C@@H](COS(=O)(=O)O)C(=O)O. The molecule has 0 rings (SSSR count). The van der Waals surface area contributed by atoms with Crippen molar-refractivity contribution in [2.75, 3.05) is 6.61 Å². The van der Waals surface area contributed by atoms with Crippen molar-refractivity contribution in [3.05, 3.63) is 0 Å². The molecule has 4 N–H and O–H groups in total. The monoisotopic (exact) mass is 241 g/mol. The summed E-state index contributed by atoms with van der Waals surface area (Å²) in [6.45, 7) is -0.735. The van der Waals surface area contributed by atoms with Crippen molar-refractivity contribution < 1.29 is 31.8 Å². The minimum absolute atomic E-state index is 0.153. The normalized spacial score (nSPS) is 13.4. The van der Waals surface area contributed by atoms with Gasteiger partial charge in [-0.3, -0.25) is 14.1 Å². The first kappa shape index (κ1) is 13.8. The lowest BCUT2D eigenvalue weighted by molar-refractivity contribution is -0.143. The third-order valence-electron chi connectivity index (χ3n) is 1.51. The Morgan fingerprint density at radius 2 is 1.93 bits per heavy atom. The summed E-state index contributed by atoms with van der Waals surface area (Å²) in [6, 6.07) is 0. The predicted molar refractivity (Wildman–Crippen MR) is 47.1 cm³/mol. The van der Waals surface area contributed by atoms with Crippen molar-refractivity contribution in [1.82, 2.24) is 0 Å². The number of rotatable bonds is 7. The Morgan fingerprint density at radius 3 is 2.27 bits per heavy atom. The Balaban J connectivity index is 4.17. The molecule has 9 heteroatoms. The molecule has 0 aliphatic rings. The number of primary amides is 1. The van der Waals surface area contributed by atoms with E-state index in [1.165, 1.54) is 0 Å². The van der Waals surface area contributed by atoms with Gasteiger partial charge in [0, 0.05) is 6.42 Å². The molecule has 0 fully saturated rings. The summed E-state index contributed by atoms with van der Waals surface area (Å²) in [6.07, 6.45) is -0.355. The van der Waals surface area contributed by atoms with Gasteiger partial charge in [0.2, 0.25) is 5.91 Å². The first-order chi connectivity index (χ1) is 6.72. The van der Waals surface area contributed by atoms with Crippen molar-refractivity contribution in [1.29, 1.82) is 0 Å². The van der Waals surface area contributed by atoms with Crippen molar-refractivity contribution in [3.63, 3.8) is 0 Å². The average molecular weight is 241 g/mol. The van der Waals surface area contributed by atoms with Crippen LogP contribution >= 0.6 is 0 Å². The van der Waals surface area contributed by atoms with Gasteiger partial charge in [-0.25, -0.2) is 4.18 Å². The van der Waals surface area contributed by atoms with Gasteiger partial charge in [-0.1, -0.05) is 0 Å². The minimum atomic E-state index is -4.67. The van der Waals surface area contributed by atoms with Crippen LogP contribution < -0.4 is 5.73 Å². The molecule has 0 unspecified atom stereocenters. The summed E-state index contributed by atoms with van der Waals surface area (Å²) in [4.78, 5) is 20.9. The highest BCUT2D eigenvalue weighted by molar-refractivity contribution is 7.80. The number of carbonyl (C=O) groups is 2. The summed E-state index contributed by atoms with van der Waals surface area (Å²) >= 11 is 0. The van der Waals surface area contributed by atoms with Gasteiger partial charge >= 0.3 is 16.4 Å². The molecule has 8 nitrogen and oxygen atoms in total. The van der Waals surface area contributed by atoms with Crippen LogP contribution in [0.1, 0.15) is 12.8 Å². The third kappa shape index (κ3) is 7.85. The second kappa shape index (κ2) is 5.63. The van der Waals surface area contributed by atoms with E-state index in [2.05, 4.69) is 4.18 Å². The van der Waals surface area contributed by atoms with Crippen molar-refractivity contribution in [2.24, 2.45) is 11.7 Å². The van der Waals surface area contributed by atoms with Crippen LogP contribution in [0.4, 0.5) is 0 Å². The van der Waals surface area contributed by atoms with Gasteiger partial charge in [-0.05, 0) is 6.42 Å². The Labute approximate surface area is 86.0 Å². The maximum Gasteiger partial charge on any atom is 0.397 e. The molecule has 15 heavy (non-hydrogen) atoms. The number of amides is 1. The summed E-state index contributed by atoms with van der Waals surface area (Å²) in [5, 5.41) is 8.57. The van der Waals surface area contributed by atoms with Crippen molar-refractivity contribution >= 4 is 22.3 Å². The molecular weight excluding hydrogens is 230 g/mol. The van der Waals surface area contributed by atoms with Crippen LogP contribution in [0.25, 0.3) is 0 Å². The second-order valence-corrected chi connectivity index (χ2v) is 3.84. The smallest absolute Gasteiger partial charge is 0.397 e. The molecule has 0 saturated heterocycles. The molecule has 0 aromatic carbocycles. The molecule has 0 spiro atoms. The minimum Gasteiger partial charge on any atom is -0.481 e. The molecule has 0 bridgehead atoms. The van der Waals surface area contributed by atoms with Crippen LogP contribution in [-0.2, 0) is 24.2 Å². The zero-order valence-corrected chi connectivity index (χ0v) is 8.44. The number of hydrogen-bond donors (Lipinski definition) is 3. The Morgan fingerprint density at radius 1 is 1.40 bits per heavy atom. The largest absolute Gasteiger partial charge is 0.481 e. The lowest BCUT2D eigenvalue weighted by Crippen LogP contribution is -2.24. The van der Waals surface area contributed by atoms with Gasteiger partial charge in [-0.15, -0.1) is 0 Å². The number of carboxylic acids is 1. The van der Waals surface area contributed by atoms with Gasteiger partial charge in [0.05, 0.1) is 12.5 Å². The summed E-state index contributed by atoms with van der Waals surface area (Å²) in [7, 11) is -4.67. The van der Waals surface area contributed by atoms with E-state index in [1.807, 2.05) is 0 Å². The molecule has 88 valence electrons. The number of carboxylic acid groups (broad SMARTS) is 1. The van der Waals surface area contributed by atoms with Gasteiger partial charge in [0.15, 0.2) is 0 Å². The third-order valence-corrected chi connectivity index (χ3v) is 1.94. The van der Waals surface area contributed by atoms with Crippen LogP contribution in [0, 0.1) is 5.92 Å². The topological polar surface area (TPSA) is 144 Å². The molecule has 1 amide bonds. The first-order valence-corrected chi connectivity index (χ1v) is 5.22. The lowest BCUT2D eigenvalue weighted by Gasteiger charge is -2.09. The molecular formula is C6H11NO7S. The van der Waals surface area contributed by atoms with Crippen LogP contribution in [0.5, 0.6) is 0 Å². The van der Waals surface area contributed by atoms with Gasteiger partial charge in [0.25, 0.3) is 0 Å². The van der Waals surface area contributed by atoms with E-state index in [1.54, 1.807) is 0 Å². The van der Waals surface area contributed by atoms with Crippen LogP contribution in [0.15, 0.2) is 0 Å². The Hall–Kier alpha value is -1.19. The quantitative estimate of drug-likeness (QED) is 0.473. The maximum atomic E-state index is 10.5. The van der Waals surface area contributed by atoms with E-state index in [9.17, 15) is 18.0 Å². The molecule has 0 aromatic heterocycles. The molecule has 0 aromatic rings. The summed E-state index contributed by atoms with van der Waals surface area (Å²) in [5.74, 6) is -3.24. The second-order valence-electron chi connectivity index (χ2n) is 2.75. The Bertz CT molecular complexity index is 335. The zero-order chi connectivity index (χ0) is 12.1. The molecule has 1 atom stereocenters. The van der Waals surface area contributed by atoms with E-state index < -0.39 is 34.8 Å². The van der Waals surface area contributed by atoms with E-state index in [-0.39, 0.29) is 12.8 Å². The van der Waals surface area contributed by atoms with Crippen LogP contribution in [-0.4, -0.2) is 36.6 Å². The fourth-order valence-corrected chi connectivity index (χ4v) is 1.10. The van der Waals surface area contributed by atoms with Crippen LogP contribution in [0.2, 0.25) is 0 Å². The lowest BCUT2D eigenvalue weighted by atomic mass is 10.0. The summed E-state index contributed by atoms with van der Waals surface area (Å²) in [5.41, 5.74) is 4.78. The maximum absolute atomic E-state index is 10.5. The highest BCUT2D eigenvalue weighted by atomic mass is 32.3. The van der Waals surface area contributed by atoms with Gasteiger partial charge in [-0.2, -0.15) is 8.42 Å². The molecule has 0 heterocycles. The van der Waals surface area contributed by atoms with Crippen molar-refractivity contribution in [2.45, 2.75) is 12.8 Å². The molecule has 0 saturated carbocycles.